The second kappa shape index (κ2) is 10.5. The summed E-state index contributed by atoms with van der Waals surface area (Å²) in [4.78, 5) is 39.6. The Kier molecular flexibility index (Phi) is 6.70. The summed E-state index contributed by atoms with van der Waals surface area (Å²) in [7, 11) is 1.65. The first kappa shape index (κ1) is 25.6. The molecular formula is C31H31N7O2. The molecule has 1 fully saturated rings. The van der Waals surface area contributed by atoms with Crippen molar-refractivity contribution in [1.29, 1.82) is 0 Å². The molecule has 0 spiro atoms. The number of pyridine rings is 1. The Labute approximate surface area is 231 Å². The third-order valence-electron chi connectivity index (χ3n) is 7.56. The van der Waals surface area contributed by atoms with Gasteiger partial charge in [0.15, 0.2) is 11.2 Å². The number of aromatic nitrogens is 5. The minimum Gasteiger partial charge on any atom is -0.341 e. The van der Waals surface area contributed by atoms with Crippen molar-refractivity contribution < 1.29 is 0 Å². The first-order valence-electron chi connectivity index (χ1n) is 13.5. The lowest BCUT2D eigenvalue weighted by Gasteiger charge is -2.31. The second-order valence-electron chi connectivity index (χ2n) is 10.2. The second-order valence-corrected chi connectivity index (χ2v) is 10.2. The Morgan fingerprint density at radius 3 is 2.58 bits per heavy atom. The first-order chi connectivity index (χ1) is 19.5. The molecule has 5 aromatic rings. The topological polar surface area (TPSA) is 104 Å². The highest BCUT2D eigenvalue weighted by molar-refractivity contribution is 5.88. The van der Waals surface area contributed by atoms with Crippen LogP contribution in [0.25, 0.3) is 33.2 Å². The number of fused-ring (bicyclic) bond motifs is 2. The molecule has 1 aliphatic rings. The summed E-state index contributed by atoms with van der Waals surface area (Å²) in [6.45, 7) is 3.48. The molecule has 0 radical (unpaired) electrons. The summed E-state index contributed by atoms with van der Waals surface area (Å²) in [6, 6.07) is 19.8. The maximum atomic E-state index is 14.1. The van der Waals surface area contributed by atoms with Crippen molar-refractivity contribution in [1.82, 2.24) is 23.7 Å². The molecule has 6 rings (SSSR count). The van der Waals surface area contributed by atoms with Crippen LogP contribution < -0.4 is 21.9 Å². The van der Waals surface area contributed by atoms with Crippen LogP contribution in [0.4, 0.5) is 5.95 Å². The molecule has 40 heavy (non-hydrogen) atoms. The number of rotatable bonds is 5. The molecule has 2 aromatic carbocycles. The largest absolute Gasteiger partial charge is 0.341 e. The molecule has 1 aliphatic heterocycles. The fourth-order valence-electron chi connectivity index (χ4n) is 5.54. The molecule has 9 nitrogen and oxygen atoms in total. The number of hydrogen-bond donors (Lipinski definition) is 1. The van der Waals surface area contributed by atoms with E-state index in [1.165, 1.54) is 9.13 Å². The highest BCUT2D eigenvalue weighted by atomic mass is 16.2. The first-order valence-corrected chi connectivity index (χ1v) is 13.5. The van der Waals surface area contributed by atoms with Crippen LogP contribution in [-0.4, -0.2) is 42.8 Å². The molecule has 202 valence electrons. The molecule has 0 unspecified atom stereocenters. The molecule has 1 saturated heterocycles. The number of nitrogens with two attached hydrogens (primary N) is 1. The molecule has 4 heterocycles. The zero-order valence-corrected chi connectivity index (χ0v) is 22.7. The normalized spacial score (nSPS) is 15.4. The quantitative estimate of drug-likeness (QED) is 0.348. The van der Waals surface area contributed by atoms with Crippen LogP contribution in [0, 0.1) is 11.8 Å². The number of nitrogens with zero attached hydrogens (tertiary/aromatic N) is 6. The smallest absolute Gasteiger partial charge is 0.332 e. The van der Waals surface area contributed by atoms with E-state index in [1.54, 1.807) is 14.0 Å². The zero-order chi connectivity index (χ0) is 27.8. The van der Waals surface area contributed by atoms with Crippen LogP contribution in [0.1, 0.15) is 25.5 Å². The maximum Gasteiger partial charge on any atom is 0.332 e. The standard InChI is InChI=1S/C31H31N7O2/c1-3-4-17-37-27-28(34-30(37)36-16-10-14-23(32)19-36)35(2)31(40)38(29(27)39)20-26-24-15-9-8-13-22(24)18-25(33-26)21-11-6-5-7-12-21/h5-9,11-13,15,18,23H,10,14,16-17,19-20,32H2,1-2H3/t23-/m1/s1. The Hall–Kier alpha value is -4.68. The van der Waals surface area contributed by atoms with Gasteiger partial charge in [0.25, 0.3) is 5.56 Å². The van der Waals surface area contributed by atoms with Crippen LogP contribution in [-0.2, 0) is 20.1 Å². The van der Waals surface area contributed by atoms with Crippen LogP contribution in [0.3, 0.4) is 0 Å². The number of imidazole rings is 1. The molecule has 3 aromatic heterocycles. The molecule has 0 bridgehead atoms. The van der Waals surface area contributed by atoms with E-state index in [9.17, 15) is 9.59 Å². The van der Waals surface area contributed by atoms with E-state index in [-0.39, 0.29) is 19.1 Å². The summed E-state index contributed by atoms with van der Waals surface area (Å²) in [5.74, 6) is 6.62. The molecule has 2 N–H and O–H groups in total. The summed E-state index contributed by atoms with van der Waals surface area (Å²) < 4.78 is 4.53. The van der Waals surface area contributed by atoms with Crippen molar-refractivity contribution >= 4 is 27.9 Å². The van der Waals surface area contributed by atoms with Crippen molar-refractivity contribution in [2.45, 2.75) is 38.9 Å². The summed E-state index contributed by atoms with van der Waals surface area (Å²) in [5.41, 5.74) is 8.50. The molecule has 0 saturated carbocycles. The lowest BCUT2D eigenvalue weighted by Crippen LogP contribution is -2.44. The highest BCUT2D eigenvalue weighted by Crippen LogP contribution is 2.26. The summed E-state index contributed by atoms with van der Waals surface area (Å²) >= 11 is 0. The average Bonchev–Trinajstić information content (AvgIpc) is 3.37. The van der Waals surface area contributed by atoms with Gasteiger partial charge < -0.3 is 10.6 Å². The van der Waals surface area contributed by atoms with E-state index < -0.39 is 11.2 Å². The Balaban J connectivity index is 1.55. The molecule has 9 heteroatoms. The van der Waals surface area contributed by atoms with Gasteiger partial charge in [-0.15, -0.1) is 5.92 Å². The molecule has 0 amide bonds. The Morgan fingerprint density at radius 2 is 1.80 bits per heavy atom. The van der Waals surface area contributed by atoms with E-state index in [1.807, 2.05) is 65.2 Å². The molecule has 0 aliphatic carbocycles. The lowest BCUT2D eigenvalue weighted by molar-refractivity contribution is 0.496. The SMILES string of the molecule is CC#CCn1c(N2CCC[C@@H](N)C2)nc2c1c(=O)n(Cc1nc(-c3ccccc3)cc3ccccc13)c(=O)n2C. The minimum atomic E-state index is -0.443. The van der Waals surface area contributed by atoms with Gasteiger partial charge in [0.05, 0.1) is 24.5 Å². The maximum absolute atomic E-state index is 14.1. The van der Waals surface area contributed by atoms with Gasteiger partial charge in [0.1, 0.15) is 0 Å². The highest BCUT2D eigenvalue weighted by Gasteiger charge is 2.26. The number of anilines is 1. The summed E-state index contributed by atoms with van der Waals surface area (Å²) in [5, 5.41) is 1.88. The third kappa shape index (κ3) is 4.46. The summed E-state index contributed by atoms with van der Waals surface area (Å²) in [6.07, 6.45) is 1.88. The van der Waals surface area contributed by atoms with Crippen molar-refractivity contribution in [3.8, 4) is 23.1 Å². The Morgan fingerprint density at radius 1 is 1.02 bits per heavy atom. The van der Waals surface area contributed by atoms with Gasteiger partial charge in [0, 0.05) is 37.1 Å². The lowest BCUT2D eigenvalue weighted by atomic mass is 10.0. The zero-order valence-electron chi connectivity index (χ0n) is 22.7. The van der Waals surface area contributed by atoms with Crippen LogP contribution in [0.5, 0.6) is 0 Å². The monoisotopic (exact) mass is 533 g/mol. The molecule has 1 atom stereocenters. The van der Waals surface area contributed by atoms with Crippen LogP contribution in [0.2, 0.25) is 0 Å². The van der Waals surface area contributed by atoms with Gasteiger partial charge in [-0.3, -0.25) is 23.5 Å². The number of benzene rings is 2. The number of hydrogen-bond acceptors (Lipinski definition) is 6. The Bertz CT molecular complexity index is 1910. The van der Waals surface area contributed by atoms with Crippen LogP contribution >= 0.6 is 0 Å². The van der Waals surface area contributed by atoms with Gasteiger partial charge in [0.2, 0.25) is 5.95 Å². The van der Waals surface area contributed by atoms with E-state index in [4.69, 9.17) is 15.7 Å². The van der Waals surface area contributed by atoms with E-state index in [0.29, 0.717) is 29.4 Å². The predicted molar refractivity (Wildman–Crippen MR) is 158 cm³/mol. The fraction of sp³-hybridized carbons (Fsp3) is 0.290. The molecular weight excluding hydrogens is 502 g/mol. The minimum absolute atomic E-state index is 0.0241. The van der Waals surface area contributed by atoms with E-state index >= 15 is 0 Å². The van der Waals surface area contributed by atoms with Crippen molar-refractivity contribution in [2.75, 3.05) is 18.0 Å². The van der Waals surface area contributed by atoms with Crippen LogP contribution in [0.15, 0.2) is 70.3 Å². The third-order valence-corrected chi connectivity index (χ3v) is 7.56. The van der Waals surface area contributed by atoms with Gasteiger partial charge in [-0.2, -0.15) is 4.98 Å². The average molecular weight is 534 g/mol. The van der Waals surface area contributed by atoms with E-state index in [2.05, 4.69) is 16.7 Å². The van der Waals surface area contributed by atoms with Crippen molar-refractivity contribution in [2.24, 2.45) is 12.8 Å². The van der Waals surface area contributed by atoms with Gasteiger partial charge >= 0.3 is 5.69 Å². The predicted octanol–water partition coefficient (Wildman–Crippen LogP) is 3.11. The van der Waals surface area contributed by atoms with Gasteiger partial charge in [-0.25, -0.2) is 4.79 Å². The van der Waals surface area contributed by atoms with Crippen molar-refractivity contribution in [3.63, 3.8) is 0 Å². The number of aryl methyl sites for hydroxylation is 1. The van der Waals surface area contributed by atoms with E-state index in [0.717, 1.165) is 41.4 Å². The van der Waals surface area contributed by atoms with Gasteiger partial charge in [-0.1, -0.05) is 60.5 Å². The fourth-order valence-corrected chi connectivity index (χ4v) is 5.54. The van der Waals surface area contributed by atoms with Gasteiger partial charge in [-0.05, 0) is 31.2 Å². The van der Waals surface area contributed by atoms with Crippen molar-refractivity contribution in [3.05, 3.63) is 87.2 Å². The number of piperidine rings is 1.